The van der Waals surface area contributed by atoms with Gasteiger partial charge in [-0.3, -0.25) is 0 Å². The normalized spacial score (nSPS) is 12.9. The minimum absolute atomic E-state index is 0.0409. The largest absolute Gasteiger partial charge is 0.310 e. The topological polar surface area (TPSA) is 27.0 Å². The Bertz CT molecular complexity index is 2810. The number of allylic oxidation sites excluding steroid dienone is 4. The van der Waals surface area contributed by atoms with Crippen LogP contribution in [0.4, 0.5) is 17.1 Å². The van der Waals surface area contributed by atoms with E-state index in [2.05, 4.69) is 196 Å². The van der Waals surface area contributed by atoms with Crippen molar-refractivity contribution in [3.8, 4) is 28.3 Å². The first-order valence-electron chi connectivity index (χ1n) is 19.2. The molecule has 0 atom stereocenters. The van der Waals surface area contributed by atoms with E-state index in [-0.39, 0.29) is 5.41 Å². The molecule has 0 aromatic heterocycles. The number of nitriles is 1. The van der Waals surface area contributed by atoms with Crippen molar-refractivity contribution < 1.29 is 0 Å². The standard InChI is InChI=1S/C53H42N2/c1-53(2,3)40-25-29-42(30-26-40)55(41-27-23-36(35-54)24-28-41)43-31-32-46-49(33-43)44-21-13-14-22-45(44)51-48(38-17-9-5-10-18-38)34-47(37-15-7-4-8-16-37)50(52(46)51)39-19-11-6-12-20-39/h4-11,13-19,21-34H,12,20H2,1-3H3. The molecule has 0 bridgehead atoms. The van der Waals surface area contributed by atoms with Gasteiger partial charge in [0.1, 0.15) is 0 Å². The first kappa shape index (κ1) is 34.1. The number of rotatable bonds is 6. The van der Waals surface area contributed by atoms with E-state index in [4.69, 9.17) is 0 Å². The molecule has 55 heavy (non-hydrogen) atoms. The highest BCUT2D eigenvalue weighted by molar-refractivity contribution is 6.32. The molecule has 0 amide bonds. The molecule has 8 aromatic rings. The van der Waals surface area contributed by atoms with Gasteiger partial charge in [-0.05, 0) is 144 Å². The number of anilines is 3. The lowest BCUT2D eigenvalue weighted by Crippen LogP contribution is -2.13. The second-order valence-corrected chi connectivity index (χ2v) is 15.6. The van der Waals surface area contributed by atoms with Crippen LogP contribution in [0.2, 0.25) is 0 Å². The van der Waals surface area contributed by atoms with Crippen LogP contribution in [0.15, 0.2) is 176 Å². The number of hydrogen-bond donors (Lipinski definition) is 0. The molecule has 9 rings (SSSR count). The molecular weight excluding hydrogens is 665 g/mol. The van der Waals surface area contributed by atoms with Crippen molar-refractivity contribution in [3.05, 3.63) is 193 Å². The maximum Gasteiger partial charge on any atom is 0.0991 e. The van der Waals surface area contributed by atoms with E-state index in [0.29, 0.717) is 5.56 Å². The van der Waals surface area contributed by atoms with Gasteiger partial charge >= 0.3 is 0 Å². The molecule has 2 nitrogen and oxygen atoms in total. The highest BCUT2D eigenvalue weighted by atomic mass is 15.1. The second kappa shape index (κ2) is 13.9. The summed E-state index contributed by atoms with van der Waals surface area (Å²) in [4.78, 5) is 2.32. The zero-order valence-corrected chi connectivity index (χ0v) is 31.6. The Morgan fingerprint density at radius 1 is 0.545 bits per heavy atom. The van der Waals surface area contributed by atoms with E-state index in [1.165, 1.54) is 71.3 Å². The monoisotopic (exact) mass is 706 g/mol. The quantitative estimate of drug-likeness (QED) is 0.161. The lowest BCUT2D eigenvalue weighted by atomic mass is 9.80. The van der Waals surface area contributed by atoms with Crippen LogP contribution in [-0.2, 0) is 5.41 Å². The molecule has 264 valence electrons. The van der Waals surface area contributed by atoms with Gasteiger partial charge in [0.05, 0.1) is 11.6 Å². The van der Waals surface area contributed by atoms with E-state index >= 15 is 0 Å². The van der Waals surface area contributed by atoms with Gasteiger partial charge in [0.15, 0.2) is 0 Å². The van der Waals surface area contributed by atoms with Crippen molar-refractivity contribution >= 4 is 55.0 Å². The van der Waals surface area contributed by atoms with Crippen molar-refractivity contribution in [1.82, 2.24) is 0 Å². The molecule has 8 aromatic carbocycles. The Hall–Kier alpha value is -6.69. The summed E-state index contributed by atoms with van der Waals surface area (Å²) in [7, 11) is 0. The van der Waals surface area contributed by atoms with Gasteiger partial charge in [-0.25, -0.2) is 0 Å². The zero-order valence-electron chi connectivity index (χ0n) is 31.6. The predicted octanol–water partition coefficient (Wildman–Crippen LogP) is 14.9. The Labute approximate surface area is 323 Å². The molecule has 0 radical (unpaired) electrons. The summed E-state index contributed by atoms with van der Waals surface area (Å²) in [5.74, 6) is 0. The summed E-state index contributed by atoms with van der Waals surface area (Å²) in [6.45, 7) is 6.75. The van der Waals surface area contributed by atoms with E-state index in [1.54, 1.807) is 0 Å². The predicted molar refractivity (Wildman–Crippen MR) is 234 cm³/mol. The minimum Gasteiger partial charge on any atom is -0.310 e. The van der Waals surface area contributed by atoms with Crippen LogP contribution >= 0.6 is 0 Å². The van der Waals surface area contributed by atoms with Gasteiger partial charge in [-0.15, -0.1) is 0 Å². The van der Waals surface area contributed by atoms with Crippen LogP contribution in [-0.4, -0.2) is 0 Å². The van der Waals surface area contributed by atoms with Crippen molar-refractivity contribution in [3.63, 3.8) is 0 Å². The van der Waals surface area contributed by atoms with Gasteiger partial charge in [0, 0.05) is 17.1 Å². The average molecular weight is 707 g/mol. The molecule has 0 saturated carbocycles. The maximum atomic E-state index is 9.64. The number of fused-ring (bicyclic) bond motifs is 6. The molecule has 0 saturated heterocycles. The van der Waals surface area contributed by atoms with Crippen molar-refractivity contribution in [1.29, 1.82) is 5.26 Å². The molecule has 0 spiro atoms. The van der Waals surface area contributed by atoms with E-state index in [0.717, 1.165) is 29.9 Å². The Morgan fingerprint density at radius 3 is 1.75 bits per heavy atom. The molecule has 0 aliphatic heterocycles. The van der Waals surface area contributed by atoms with Crippen LogP contribution in [0.25, 0.3) is 60.1 Å². The third-order valence-electron chi connectivity index (χ3n) is 11.1. The minimum atomic E-state index is 0.0409. The summed E-state index contributed by atoms with van der Waals surface area (Å²) < 4.78 is 0. The Balaban J connectivity index is 1.40. The van der Waals surface area contributed by atoms with Gasteiger partial charge < -0.3 is 4.90 Å². The average Bonchev–Trinajstić information content (AvgIpc) is 3.24. The fourth-order valence-corrected chi connectivity index (χ4v) is 8.36. The summed E-state index contributed by atoms with van der Waals surface area (Å²) in [6.07, 6.45) is 8.84. The number of benzene rings is 8. The molecule has 1 aliphatic carbocycles. The highest BCUT2D eigenvalue weighted by Crippen LogP contribution is 2.49. The van der Waals surface area contributed by atoms with Crippen LogP contribution in [0.5, 0.6) is 0 Å². The first-order valence-corrected chi connectivity index (χ1v) is 19.2. The lowest BCUT2D eigenvalue weighted by molar-refractivity contribution is 0.590. The Morgan fingerprint density at radius 2 is 1.13 bits per heavy atom. The van der Waals surface area contributed by atoms with E-state index in [1.807, 2.05) is 12.1 Å². The third kappa shape index (κ3) is 6.19. The molecule has 0 fully saturated rings. The third-order valence-corrected chi connectivity index (χ3v) is 11.1. The molecule has 2 heteroatoms. The first-order chi connectivity index (χ1) is 26.9. The molecule has 0 unspecified atom stereocenters. The second-order valence-electron chi connectivity index (χ2n) is 15.6. The maximum absolute atomic E-state index is 9.64. The van der Waals surface area contributed by atoms with Crippen molar-refractivity contribution in [2.45, 2.75) is 39.0 Å². The van der Waals surface area contributed by atoms with E-state index in [9.17, 15) is 5.26 Å². The van der Waals surface area contributed by atoms with Gasteiger partial charge in [-0.2, -0.15) is 5.26 Å². The van der Waals surface area contributed by atoms with Crippen LogP contribution in [0.3, 0.4) is 0 Å². The van der Waals surface area contributed by atoms with Crippen molar-refractivity contribution in [2.75, 3.05) is 4.90 Å². The molecule has 1 aliphatic rings. The van der Waals surface area contributed by atoms with Gasteiger partial charge in [0.25, 0.3) is 0 Å². The van der Waals surface area contributed by atoms with E-state index < -0.39 is 0 Å². The van der Waals surface area contributed by atoms with Gasteiger partial charge in [0.2, 0.25) is 0 Å². The number of hydrogen-bond acceptors (Lipinski definition) is 2. The SMILES string of the molecule is CC(C)(C)c1ccc(N(c2ccc(C#N)cc2)c2ccc3c(c2)c2ccccc2c2c(-c4ccccc4)cc(-c4ccccc4)c(C4=CC=CCC4)c32)cc1. The summed E-state index contributed by atoms with van der Waals surface area (Å²) in [5.41, 5.74) is 12.7. The van der Waals surface area contributed by atoms with Crippen LogP contribution in [0, 0.1) is 11.3 Å². The lowest BCUT2D eigenvalue weighted by Gasteiger charge is -2.28. The fraction of sp³-hybridized carbons (Fsp3) is 0.113. The summed E-state index contributed by atoms with van der Waals surface area (Å²) in [6, 6.07) is 59.3. The van der Waals surface area contributed by atoms with Crippen LogP contribution in [0.1, 0.15) is 50.3 Å². The smallest absolute Gasteiger partial charge is 0.0991 e. The fourth-order valence-electron chi connectivity index (χ4n) is 8.36. The number of nitrogens with zero attached hydrogens (tertiary/aromatic N) is 2. The van der Waals surface area contributed by atoms with Crippen LogP contribution < -0.4 is 4.90 Å². The molecule has 0 N–H and O–H groups in total. The Kier molecular flexibility index (Phi) is 8.64. The molecular formula is C53H42N2. The highest BCUT2D eigenvalue weighted by Gasteiger charge is 2.24. The van der Waals surface area contributed by atoms with Gasteiger partial charge in [-0.1, -0.05) is 142 Å². The van der Waals surface area contributed by atoms with Crippen molar-refractivity contribution in [2.24, 2.45) is 0 Å². The molecule has 0 heterocycles. The zero-order chi connectivity index (χ0) is 37.5. The summed E-state index contributed by atoms with van der Waals surface area (Å²) in [5, 5.41) is 17.1. The summed E-state index contributed by atoms with van der Waals surface area (Å²) >= 11 is 0.